The van der Waals surface area contributed by atoms with Crippen molar-refractivity contribution in [3.05, 3.63) is 52.5 Å². The second-order valence-electron chi connectivity index (χ2n) is 9.50. The Balaban J connectivity index is 0.00000648. The molecule has 3 atom stereocenters. The minimum absolute atomic E-state index is 0. The van der Waals surface area contributed by atoms with E-state index in [2.05, 4.69) is 27.7 Å². The van der Waals surface area contributed by atoms with Crippen molar-refractivity contribution in [1.29, 1.82) is 0 Å². The summed E-state index contributed by atoms with van der Waals surface area (Å²) in [5.74, 6) is 2.64. The molecule has 0 fully saturated rings. The number of aryl methyl sites for hydroxylation is 1. The molecule has 3 unspecified atom stereocenters. The first kappa shape index (κ1) is 33.1. The SMILES string of the molecule is CCCCC(CC)COc1ccc(PC(=O)c2c(C)cccc2Cl)c(OCC(CC)CCCC)c1.[LiH]. The molecule has 0 aliphatic rings. The summed E-state index contributed by atoms with van der Waals surface area (Å²) < 4.78 is 12.6. The van der Waals surface area contributed by atoms with Crippen molar-refractivity contribution in [2.24, 2.45) is 11.8 Å². The van der Waals surface area contributed by atoms with Gasteiger partial charge in [0.2, 0.25) is 0 Å². The third-order valence-corrected chi connectivity index (χ3v) is 8.17. The second kappa shape index (κ2) is 18.3. The van der Waals surface area contributed by atoms with Crippen molar-refractivity contribution in [3.63, 3.8) is 0 Å². The molecular weight excluding hydrogens is 482 g/mol. The number of hydrogen-bond acceptors (Lipinski definition) is 3. The van der Waals surface area contributed by atoms with Crippen molar-refractivity contribution < 1.29 is 14.3 Å². The van der Waals surface area contributed by atoms with E-state index in [-0.39, 0.29) is 33.0 Å². The Hall–Kier alpha value is -0.973. The Morgan fingerprint density at radius 3 is 2.08 bits per heavy atom. The molecule has 2 aromatic rings. The predicted octanol–water partition coefficient (Wildman–Crippen LogP) is 8.33. The van der Waals surface area contributed by atoms with Gasteiger partial charge in [-0.2, -0.15) is 0 Å². The number of halogens is 1. The molecule has 2 aromatic carbocycles. The molecule has 0 aromatic heterocycles. The normalized spacial score (nSPS) is 12.8. The van der Waals surface area contributed by atoms with Gasteiger partial charge in [0.05, 0.1) is 18.2 Å². The number of carbonyl (C=O) groups is 1. The molecule has 0 aliphatic carbocycles. The van der Waals surface area contributed by atoms with Crippen molar-refractivity contribution in [2.75, 3.05) is 13.2 Å². The Kier molecular flexibility index (Phi) is 16.8. The van der Waals surface area contributed by atoms with Gasteiger partial charge in [0.25, 0.3) is 0 Å². The van der Waals surface area contributed by atoms with E-state index in [4.69, 9.17) is 21.1 Å². The Labute approximate surface area is 238 Å². The molecule has 0 bridgehead atoms. The summed E-state index contributed by atoms with van der Waals surface area (Å²) in [5.41, 5.74) is 1.55. The zero-order valence-electron chi connectivity index (χ0n) is 22.3. The molecule has 0 aliphatic heterocycles. The van der Waals surface area contributed by atoms with Crippen LogP contribution in [0.25, 0.3) is 0 Å². The molecule has 196 valence electrons. The van der Waals surface area contributed by atoms with Crippen LogP contribution in [0.5, 0.6) is 11.5 Å². The van der Waals surface area contributed by atoms with E-state index in [1.54, 1.807) is 6.07 Å². The van der Waals surface area contributed by atoms with Crippen molar-refractivity contribution >= 4 is 49.9 Å². The van der Waals surface area contributed by atoms with Crippen LogP contribution >= 0.6 is 20.2 Å². The van der Waals surface area contributed by atoms with Crippen LogP contribution in [0.15, 0.2) is 36.4 Å². The van der Waals surface area contributed by atoms with Crippen LogP contribution in [0, 0.1) is 18.8 Å². The van der Waals surface area contributed by atoms with E-state index in [9.17, 15) is 4.79 Å². The van der Waals surface area contributed by atoms with E-state index < -0.39 is 0 Å². The molecule has 2 rings (SSSR count). The molecule has 0 radical (unpaired) electrons. The van der Waals surface area contributed by atoms with Crippen LogP contribution in [0.4, 0.5) is 0 Å². The molecule has 0 saturated carbocycles. The first-order valence-corrected chi connectivity index (χ1v) is 14.8. The van der Waals surface area contributed by atoms with Crippen LogP contribution in [0.3, 0.4) is 0 Å². The van der Waals surface area contributed by atoms with Crippen molar-refractivity contribution in [2.45, 2.75) is 86.0 Å². The van der Waals surface area contributed by atoms with Crippen molar-refractivity contribution in [3.8, 4) is 11.5 Å². The molecule has 6 heteroatoms. The van der Waals surface area contributed by atoms with Crippen LogP contribution in [-0.2, 0) is 0 Å². The Morgan fingerprint density at radius 1 is 0.917 bits per heavy atom. The zero-order chi connectivity index (χ0) is 25.6. The molecule has 0 heterocycles. The van der Waals surface area contributed by atoms with Gasteiger partial charge in [-0.1, -0.05) is 90.0 Å². The molecule has 0 spiro atoms. The minimum atomic E-state index is -0.0578. The first-order valence-electron chi connectivity index (χ1n) is 13.4. The number of rotatable bonds is 17. The van der Waals surface area contributed by atoms with Gasteiger partial charge in [-0.25, -0.2) is 0 Å². The average Bonchev–Trinajstić information content (AvgIpc) is 2.85. The number of carbonyl (C=O) groups excluding carboxylic acids is 1. The number of unbranched alkanes of at least 4 members (excludes halogenated alkanes) is 2. The summed E-state index contributed by atoms with van der Waals surface area (Å²) in [7, 11) is -0.0578. The monoisotopic (exact) mass is 526 g/mol. The fourth-order valence-corrected chi connectivity index (χ4v) is 5.66. The van der Waals surface area contributed by atoms with Gasteiger partial charge in [-0.3, -0.25) is 4.79 Å². The van der Waals surface area contributed by atoms with E-state index in [1.807, 2.05) is 37.3 Å². The molecule has 0 saturated heterocycles. The summed E-state index contributed by atoms with van der Waals surface area (Å²) in [6.07, 6.45) is 9.39. The number of benzene rings is 2. The van der Waals surface area contributed by atoms with Crippen LogP contribution < -0.4 is 14.8 Å². The van der Waals surface area contributed by atoms with Gasteiger partial charge in [0.1, 0.15) is 11.5 Å². The van der Waals surface area contributed by atoms with Gasteiger partial charge in [0, 0.05) is 16.9 Å². The van der Waals surface area contributed by atoms with E-state index in [0.29, 0.717) is 35.6 Å². The Bertz CT molecular complexity index is 901. The van der Waals surface area contributed by atoms with Gasteiger partial charge in [-0.15, -0.1) is 0 Å². The summed E-state index contributed by atoms with van der Waals surface area (Å²) in [6.45, 7) is 12.2. The maximum atomic E-state index is 13.2. The molecule has 0 N–H and O–H groups in total. The van der Waals surface area contributed by atoms with E-state index in [0.717, 1.165) is 41.6 Å². The van der Waals surface area contributed by atoms with Crippen molar-refractivity contribution in [1.82, 2.24) is 0 Å². The van der Waals surface area contributed by atoms with E-state index >= 15 is 0 Å². The van der Waals surface area contributed by atoms with Crippen LogP contribution in [-0.4, -0.2) is 37.6 Å². The summed E-state index contributed by atoms with van der Waals surface area (Å²) in [4.78, 5) is 13.2. The number of ether oxygens (including phenoxy) is 2. The summed E-state index contributed by atoms with van der Waals surface area (Å²) in [6, 6.07) is 11.5. The summed E-state index contributed by atoms with van der Waals surface area (Å²) in [5, 5.41) is 1.42. The second-order valence-corrected chi connectivity index (χ2v) is 11.1. The van der Waals surface area contributed by atoms with Gasteiger partial charge in [-0.05, 0) is 63.9 Å². The van der Waals surface area contributed by atoms with Crippen LogP contribution in [0.1, 0.15) is 95.0 Å². The fraction of sp³-hybridized carbons (Fsp3) is 0.567. The average molecular weight is 527 g/mol. The quantitative estimate of drug-likeness (QED) is 0.153. The van der Waals surface area contributed by atoms with Crippen LogP contribution in [0.2, 0.25) is 5.02 Å². The third-order valence-electron chi connectivity index (χ3n) is 6.70. The topological polar surface area (TPSA) is 35.5 Å². The summed E-state index contributed by atoms with van der Waals surface area (Å²) >= 11 is 6.38. The molecule has 3 nitrogen and oxygen atoms in total. The van der Waals surface area contributed by atoms with E-state index in [1.165, 1.54) is 32.1 Å². The molecule has 0 amide bonds. The fourth-order valence-electron chi connectivity index (χ4n) is 4.14. The first-order chi connectivity index (χ1) is 16.9. The van der Waals surface area contributed by atoms with Gasteiger partial charge < -0.3 is 9.47 Å². The van der Waals surface area contributed by atoms with Gasteiger partial charge >= 0.3 is 18.9 Å². The maximum absolute atomic E-state index is 13.2. The Morgan fingerprint density at radius 2 is 1.53 bits per heavy atom. The van der Waals surface area contributed by atoms with Gasteiger partial charge in [0.15, 0.2) is 5.52 Å². The zero-order valence-corrected chi connectivity index (χ0v) is 24.0. The third kappa shape index (κ3) is 10.8. The standard InChI is InChI=1S/C30H44ClO3P.Li.H/c1-6-10-14-23(8-3)20-33-25-17-18-28(27(19-25)34-21-24(9-4)15-11-7-2)35-30(32)29-22(5)13-12-16-26(29)31;;/h12-13,16-19,23-24,35H,6-11,14-15,20-21H2,1-5H3;;. The predicted molar refractivity (Wildman–Crippen MR) is 160 cm³/mol. The molecule has 36 heavy (non-hydrogen) atoms. The molecular formula is C30H45ClLiO3P. The number of hydrogen-bond donors (Lipinski definition) is 0.